The third-order valence-corrected chi connectivity index (χ3v) is 12.5. The Balaban J connectivity index is 1.63. The van der Waals surface area contributed by atoms with Crippen molar-refractivity contribution >= 4 is 71.6 Å². The molecule has 0 unspecified atom stereocenters. The molecule has 0 aromatic carbocycles. The smallest absolute Gasteiger partial charge is 0.303 e. The van der Waals surface area contributed by atoms with Crippen molar-refractivity contribution in [3.8, 4) is 0 Å². The predicted molar refractivity (Wildman–Crippen MR) is 262 cm³/mol. The fourth-order valence-corrected chi connectivity index (χ4v) is 9.69. The molecule has 5 aliphatic heterocycles. The molecule has 0 bridgehead atoms. The van der Waals surface area contributed by atoms with Crippen LogP contribution in [0.3, 0.4) is 0 Å². The zero-order valence-electron chi connectivity index (χ0n) is 48.4. The molecule has 85 heavy (non-hydrogen) atoms. The van der Waals surface area contributed by atoms with Gasteiger partial charge in [-0.05, 0) is 6.92 Å². The Morgan fingerprint density at radius 3 is 1.06 bits per heavy atom. The van der Waals surface area contributed by atoms with E-state index in [0.717, 1.165) is 83.1 Å². The van der Waals surface area contributed by atoms with Crippen LogP contribution in [0, 0.1) is 0 Å². The highest BCUT2D eigenvalue weighted by Gasteiger charge is 2.60. The van der Waals surface area contributed by atoms with Gasteiger partial charge in [0, 0.05) is 83.1 Å². The van der Waals surface area contributed by atoms with E-state index in [9.17, 15) is 62.6 Å². The van der Waals surface area contributed by atoms with Crippen LogP contribution >= 0.6 is 0 Å². The summed E-state index contributed by atoms with van der Waals surface area (Å²) in [5.74, 6) is -11.7. The van der Waals surface area contributed by atoms with Gasteiger partial charge in [0.25, 0.3) is 0 Å². The molecule has 0 aromatic rings. The average Bonchev–Trinajstić information content (AvgIpc) is 2.73. The standard InChI is InChI=1S/C51H70O34/c1-18-35(73-23(6)56)40(45(79-29(12)62)50(69-18)85-42-37(74-24(7)57)31(70-20(3)53)15-66-47(42)64)84-51-46(80-30(13)63)41(76-26(9)59)36(34(81-51)14-65-19(2)52)82-49-44(78-28(11)61)39(33(17-68-49)72-22(5)55)83-48-43(77-27(10)60)38(75-25(8)58)32(16-67-48)71-21(4)54/h18,31-51,64H,14-17H2,1-13H3/t18-,31-,32+,33-,34+,35-,36+,37-,38-,39-,40+,41-,42+,43+,44+,45+,46+,47+,48-,49-,50-,51-/m0/s1. The second-order valence-corrected chi connectivity index (χ2v) is 19.6. The first-order valence-electron chi connectivity index (χ1n) is 26.3. The molecule has 22 atom stereocenters. The highest BCUT2D eigenvalue weighted by molar-refractivity contribution is 5.71. The highest BCUT2D eigenvalue weighted by atomic mass is 16.8. The SMILES string of the molecule is CC(=O)OC[C@H]1O[C@@H](O[C@@H]2[C@@H](OC(C)=O)[C@H](C)O[C@@H](O[C@@H]3[C@@H](OC(C)=O)[C@@H](OC(C)=O)CO[C@H]3O)[C@@H]2OC(C)=O)[C@H](OC(C)=O)[C@@H](OC(C)=O)[C@@H]1O[C@@H]1OC[C@H](OC(C)=O)[C@H](O[C@@H]2OC[C@@H](OC(C)=O)[C@H](OC(C)=O)[C@H]2OC(C)=O)[C@H]1OC(C)=O. The largest absolute Gasteiger partial charge is 0.463 e. The number of carbonyl (C=O) groups excluding carboxylic acids is 12. The number of rotatable bonds is 21. The minimum absolute atomic E-state index is 0.499. The van der Waals surface area contributed by atoms with Gasteiger partial charge in [0.15, 0.2) is 105 Å². The molecule has 0 radical (unpaired) electrons. The molecular formula is C51H70O34. The zero-order chi connectivity index (χ0) is 63.3. The normalized spacial score (nSPS) is 35.4. The summed E-state index contributed by atoms with van der Waals surface area (Å²) in [6.45, 7) is 10.5. The number of hydrogen-bond acceptors (Lipinski definition) is 34. The van der Waals surface area contributed by atoms with Crippen LogP contribution in [0.1, 0.15) is 90.0 Å². The van der Waals surface area contributed by atoms with Crippen molar-refractivity contribution in [3.63, 3.8) is 0 Å². The van der Waals surface area contributed by atoms with Crippen LogP contribution in [0.15, 0.2) is 0 Å². The lowest BCUT2D eigenvalue weighted by atomic mass is 9.95. The summed E-state index contributed by atoms with van der Waals surface area (Å²) in [7, 11) is 0. The molecule has 34 nitrogen and oxygen atoms in total. The van der Waals surface area contributed by atoms with Crippen LogP contribution < -0.4 is 0 Å². The molecule has 0 saturated carbocycles. The number of hydrogen-bond donors (Lipinski definition) is 1. The topological polar surface area (TPSA) is 419 Å². The summed E-state index contributed by atoms with van der Waals surface area (Å²) in [6.07, 6.45) is -39.4. The second kappa shape index (κ2) is 31.1. The van der Waals surface area contributed by atoms with Crippen molar-refractivity contribution in [1.82, 2.24) is 0 Å². The Morgan fingerprint density at radius 1 is 0.318 bits per heavy atom. The maximum Gasteiger partial charge on any atom is 0.303 e. The van der Waals surface area contributed by atoms with E-state index >= 15 is 0 Å². The van der Waals surface area contributed by atoms with E-state index in [4.69, 9.17) is 99.5 Å². The lowest BCUT2D eigenvalue weighted by Crippen LogP contribution is -2.68. The van der Waals surface area contributed by atoms with Gasteiger partial charge in [-0.2, -0.15) is 0 Å². The molecule has 5 fully saturated rings. The van der Waals surface area contributed by atoms with Crippen LogP contribution in [0.25, 0.3) is 0 Å². The van der Waals surface area contributed by atoms with Crippen molar-refractivity contribution in [2.75, 3.05) is 26.4 Å². The van der Waals surface area contributed by atoms with Crippen LogP contribution in [-0.2, 0) is 157 Å². The first kappa shape index (κ1) is 69.0. The Bertz CT molecular complexity index is 2430. The van der Waals surface area contributed by atoms with Gasteiger partial charge < -0.3 is 105 Å². The van der Waals surface area contributed by atoms with E-state index in [0.29, 0.717) is 0 Å². The van der Waals surface area contributed by atoms with Crippen molar-refractivity contribution < 1.29 is 162 Å². The molecule has 0 amide bonds. The van der Waals surface area contributed by atoms with Crippen LogP contribution in [0.5, 0.6) is 0 Å². The Kier molecular flexibility index (Phi) is 25.2. The van der Waals surface area contributed by atoms with E-state index in [1.54, 1.807) is 0 Å². The molecule has 0 spiro atoms. The Labute approximate surface area is 484 Å². The number of aliphatic hydroxyl groups is 1. The fraction of sp³-hybridized carbons (Fsp3) is 0.765. The van der Waals surface area contributed by atoms with Crippen LogP contribution in [0.2, 0.25) is 0 Å². The van der Waals surface area contributed by atoms with Gasteiger partial charge in [-0.3, -0.25) is 57.5 Å². The number of aliphatic hydroxyl groups excluding tert-OH is 1. The van der Waals surface area contributed by atoms with Gasteiger partial charge >= 0.3 is 71.6 Å². The van der Waals surface area contributed by atoms with Gasteiger partial charge in [0.2, 0.25) is 0 Å². The number of carbonyl (C=O) groups is 12. The van der Waals surface area contributed by atoms with Gasteiger partial charge in [-0.1, -0.05) is 0 Å². The third kappa shape index (κ3) is 19.6. The van der Waals surface area contributed by atoms with Crippen molar-refractivity contribution in [2.45, 2.75) is 225 Å². The van der Waals surface area contributed by atoms with Crippen LogP contribution in [0.4, 0.5) is 0 Å². The molecule has 478 valence electrons. The molecule has 5 heterocycles. The fourth-order valence-electron chi connectivity index (χ4n) is 9.69. The summed E-state index contributed by atoms with van der Waals surface area (Å²) < 4.78 is 122. The number of ether oxygens (including phenoxy) is 21. The first-order valence-corrected chi connectivity index (χ1v) is 26.3. The molecule has 5 saturated heterocycles. The lowest BCUT2D eigenvalue weighted by molar-refractivity contribution is -0.387. The van der Waals surface area contributed by atoms with Gasteiger partial charge in [0.05, 0.1) is 25.9 Å². The quantitative estimate of drug-likeness (QED) is 0.0947. The third-order valence-electron chi connectivity index (χ3n) is 12.5. The van der Waals surface area contributed by atoms with Gasteiger partial charge in [-0.15, -0.1) is 0 Å². The minimum Gasteiger partial charge on any atom is -0.463 e. The molecule has 0 aliphatic carbocycles. The summed E-state index contributed by atoms with van der Waals surface area (Å²) >= 11 is 0. The summed E-state index contributed by atoms with van der Waals surface area (Å²) in [6, 6.07) is 0. The van der Waals surface area contributed by atoms with E-state index in [-0.39, 0.29) is 0 Å². The maximum atomic E-state index is 13.3. The average molecular weight is 1230 g/mol. The van der Waals surface area contributed by atoms with Gasteiger partial charge in [-0.25, -0.2) is 0 Å². The Hall–Kier alpha value is -6.76. The van der Waals surface area contributed by atoms with Crippen molar-refractivity contribution in [2.24, 2.45) is 0 Å². The molecule has 1 N–H and O–H groups in total. The predicted octanol–water partition coefficient (Wildman–Crippen LogP) is -2.13. The molecule has 0 aromatic heterocycles. The van der Waals surface area contributed by atoms with Crippen LogP contribution in [-0.4, -0.2) is 238 Å². The van der Waals surface area contributed by atoms with E-state index in [1.807, 2.05) is 0 Å². The zero-order valence-corrected chi connectivity index (χ0v) is 48.4. The van der Waals surface area contributed by atoms with Crippen molar-refractivity contribution in [1.29, 1.82) is 0 Å². The Morgan fingerprint density at radius 2 is 0.624 bits per heavy atom. The van der Waals surface area contributed by atoms with Crippen molar-refractivity contribution in [3.05, 3.63) is 0 Å². The van der Waals surface area contributed by atoms with Gasteiger partial charge in [0.1, 0.15) is 31.0 Å². The molecular weight excluding hydrogens is 1160 g/mol. The molecule has 34 heteroatoms. The maximum absolute atomic E-state index is 13.3. The van der Waals surface area contributed by atoms with E-state index < -0.39 is 233 Å². The lowest BCUT2D eigenvalue weighted by Gasteiger charge is -2.50. The first-order chi connectivity index (χ1) is 39.8. The summed E-state index contributed by atoms with van der Waals surface area (Å²) in [5, 5.41) is 11.1. The number of esters is 12. The minimum atomic E-state index is -2.13. The monoisotopic (exact) mass is 1230 g/mol. The molecule has 5 aliphatic rings. The molecule has 5 rings (SSSR count). The highest BCUT2D eigenvalue weighted by Crippen LogP contribution is 2.39. The summed E-state index contributed by atoms with van der Waals surface area (Å²) in [5.41, 5.74) is 0. The second-order valence-electron chi connectivity index (χ2n) is 19.6. The summed E-state index contributed by atoms with van der Waals surface area (Å²) in [4.78, 5) is 152. The van der Waals surface area contributed by atoms with E-state index in [2.05, 4.69) is 0 Å². The van der Waals surface area contributed by atoms with E-state index in [1.165, 1.54) is 6.92 Å².